The molecule has 4 nitrogen and oxygen atoms in total. The molecule has 19 heavy (non-hydrogen) atoms. The average molecular weight is 317 g/mol. The molecular weight excluding hydrogens is 304 g/mol. The fraction of sp³-hybridized carbons (Fsp3) is 0.214. The molecule has 1 heterocycles. The molecule has 0 aliphatic carbocycles. The van der Waals surface area contributed by atoms with E-state index >= 15 is 0 Å². The third kappa shape index (κ3) is 3.30. The maximum atomic E-state index is 8.94. The van der Waals surface area contributed by atoms with E-state index in [1.54, 1.807) is 6.07 Å². The summed E-state index contributed by atoms with van der Waals surface area (Å²) >= 11 is 3.52. The van der Waals surface area contributed by atoms with Gasteiger partial charge < -0.3 is 4.90 Å². The van der Waals surface area contributed by atoms with Gasteiger partial charge in [0.05, 0.1) is 0 Å². The molecule has 0 spiro atoms. The lowest BCUT2D eigenvalue weighted by molar-refractivity contribution is 0.853. The molecule has 0 bridgehead atoms. The lowest BCUT2D eigenvalue weighted by Crippen LogP contribution is -2.20. The predicted molar refractivity (Wildman–Crippen MR) is 77.7 cm³/mol. The highest BCUT2D eigenvalue weighted by Gasteiger charge is 2.09. The van der Waals surface area contributed by atoms with Crippen LogP contribution in [0.4, 0.5) is 5.95 Å². The maximum Gasteiger partial charge on any atom is 0.226 e. The van der Waals surface area contributed by atoms with Crippen LogP contribution in [0.15, 0.2) is 34.8 Å². The van der Waals surface area contributed by atoms with E-state index in [2.05, 4.69) is 32.0 Å². The summed E-state index contributed by atoms with van der Waals surface area (Å²) in [4.78, 5) is 10.5. The highest BCUT2D eigenvalue weighted by molar-refractivity contribution is 9.10. The van der Waals surface area contributed by atoms with Crippen LogP contribution in [0.1, 0.15) is 17.0 Å². The first-order chi connectivity index (χ1) is 9.10. The fourth-order valence-corrected chi connectivity index (χ4v) is 2.14. The van der Waals surface area contributed by atoms with Crippen LogP contribution in [0.3, 0.4) is 0 Å². The zero-order valence-electron chi connectivity index (χ0n) is 10.8. The summed E-state index contributed by atoms with van der Waals surface area (Å²) in [6.45, 7) is 2.54. The molecule has 0 aliphatic heterocycles. The lowest BCUT2D eigenvalue weighted by atomic mass is 10.2. The van der Waals surface area contributed by atoms with E-state index in [9.17, 15) is 0 Å². The number of hydrogen-bond acceptors (Lipinski definition) is 4. The number of nitriles is 1. The number of aromatic nitrogens is 2. The van der Waals surface area contributed by atoms with Gasteiger partial charge in [0, 0.05) is 23.8 Å². The Labute approximate surface area is 120 Å². The summed E-state index contributed by atoms with van der Waals surface area (Å²) in [7, 11) is 1.91. The summed E-state index contributed by atoms with van der Waals surface area (Å²) < 4.78 is 1.05. The summed E-state index contributed by atoms with van der Waals surface area (Å²) in [6, 6.07) is 11.7. The summed E-state index contributed by atoms with van der Waals surface area (Å²) in [5.41, 5.74) is 2.33. The van der Waals surface area contributed by atoms with Crippen LogP contribution in [0, 0.1) is 18.3 Å². The Bertz CT molecular complexity index is 634. The minimum Gasteiger partial charge on any atom is -0.339 e. The lowest BCUT2D eigenvalue weighted by Gasteiger charge is -2.18. The number of rotatable bonds is 3. The van der Waals surface area contributed by atoms with Gasteiger partial charge in [-0.3, -0.25) is 0 Å². The zero-order chi connectivity index (χ0) is 13.8. The molecule has 1 aromatic heterocycles. The summed E-state index contributed by atoms with van der Waals surface area (Å²) in [5, 5.41) is 8.94. The normalized spacial score (nSPS) is 10.0. The number of nitrogens with zero attached hydrogens (tertiary/aromatic N) is 4. The summed E-state index contributed by atoms with van der Waals surface area (Å²) in [6.07, 6.45) is 0. The van der Waals surface area contributed by atoms with Crippen molar-refractivity contribution in [3.05, 3.63) is 51.8 Å². The molecular formula is C14H13BrN4. The minimum absolute atomic E-state index is 0.390. The van der Waals surface area contributed by atoms with Crippen LogP contribution < -0.4 is 4.90 Å². The van der Waals surface area contributed by atoms with Crippen LogP contribution >= 0.6 is 15.9 Å². The second-order valence-electron chi connectivity index (χ2n) is 4.25. The molecule has 2 rings (SSSR count). The molecule has 0 atom stereocenters. The molecule has 0 saturated heterocycles. The monoisotopic (exact) mass is 316 g/mol. The SMILES string of the molecule is Cc1cc(C#N)nc(N(C)Cc2ccccc2Br)n1. The molecule has 2 aromatic rings. The first-order valence-electron chi connectivity index (χ1n) is 5.80. The zero-order valence-corrected chi connectivity index (χ0v) is 12.3. The fourth-order valence-electron chi connectivity index (χ4n) is 1.73. The van der Waals surface area contributed by atoms with Crippen molar-refractivity contribution in [1.29, 1.82) is 5.26 Å². The molecule has 1 aromatic carbocycles. The topological polar surface area (TPSA) is 52.8 Å². The van der Waals surface area contributed by atoms with Gasteiger partial charge in [0.15, 0.2) is 0 Å². The van der Waals surface area contributed by atoms with Gasteiger partial charge in [-0.1, -0.05) is 34.1 Å². The Hall–Kier alpha value is -1.93. The van der Waals surface area contributed by atoms with Crippen LogP contribution in [0.2, 0.25) is 0 Å². The second kappa shape index (κ2) is 5.81. The van der Waals surface area contributed by atoms with E-state index in [1.807, 2.05) is 43.1 Å². The highest BCUT2D eigenvalue weighted by Crippen LogP contribution is 2.19. The van der Waals surface area contributed by atoms with Crippen LogP contribution in [-0.4, -0.2) is 17.0 Å². The first-order valence-corrected chi connectivity index (χ1v) is 6.60. The number of benzene rings is 1. The molecule has 0 fully saturated rings. The van der Waals surface area contributed by atoms with Crippen molar-refractivity contribution in [1.82, 2.24) is 9.97 Å². The molecule has 0 unspecified atom stereocenters. The maximum absolute atomic E-state index is 8.94. The van der Waals surface area contributed by atoms with E-state index in [0.29, 0.717) is 18.2 Å². The van der Waals surface area contributed by atoms with Crippen LogP contribution in [-0.2, 0) is 6.54 Å². The van der Waals surface area contributed by atoms with E-state index in [-0.39, 0.29) is 0 Å². The van der Waals surface area contributed by atoms with E-state index < -0.39 is 0 Å². The Balaban J connectivity index is 2.26. The van der Waals surface area contributed by atoms with Crippen molar-refractivity contribution in [3.63, 3.8) is 0 Å². The Kier molecular flexibility index (Phi) is 4.13. The second-order valence-corrected chi connectivity index (χ2v) is 5.11. The van der Waals surface area contributed by atoms with Gasteiger partial charge >= 0.3 is 0 Å². The molecule has 0 radical (unpaired) electrons. The van der Waals surface area contributed by atoms with Crippen molar-refractivity contribution in [3.8, 4) is 6.07 Å². The highest BCUT2D eigenvalue weighted by atomic mass is 79.9. The molecule has 96 valence electrons. The smallest absolute Gasteiger partial charge is 0.226 e. The third-order valence-electron chi connectivity index (χ3n) is 2.66. The van der Waals surface area contributed by atoms with Crippen molar-refractivity contribution >= 4 is 21.9 Å². The molecule has 0 saturated carbocycles. The van der Waals surface area contributed by atoms with Crippen molar-refractivity contribution in [2.45, 2.75) is 13.5 Å². The number of anilines is 1. The van der Waals surface area contributed by atoms with Crippen molar-refractivity contribution in [2.75, 3.05) is 11.9 Å². The van der Waals surface area contributed by atoms with Gasteiger partial charge in [0.1, 0.15) is 11.8 Å². The Morgan fingerprint density at radius 1 is 1.32 bits per heavy atom. The van der Waals surface area contributed by atoms with Gasteiger partial charge in [-0.25, -0.2) is 9.97 Å². The summed E-state index contributed by atoms with van der Waals surface area (Å²) in [5.74, 6) is 0.562. The first kappa shape index (κ1) is 13.5. The average Bonchev–Trinajstić information content (AvgIpc) is 2.40. The quantitative estimate of drug-likeness (QED) is 0.873. The molecule has 5 heteroatoms. The van der Waals surface area contributed by atoms with Gasteiger partial charge in [0.2, 0.25) is 5.95 Å². The third-order valence-corrected chi connectivity index (χ3v) is 3.44. The van der Waals surface area contributed by atoms with E-state index in [4.69, 9.17) is 5.26 Å². The Morgan fingerprint density at radius 3 is 2.74 bits per heavy atom. The predicted octanol–water partition coefficient (Wildman–Crippen LogP) is 3.06. The van der Waals surface area contributed by atoms with Gasteiger partial charge in [-0.2, -0.15) is 5.26 Å². The largest absolute Gasteiger partial charge is 0.339 e. The molecule has 0 aliphatic rings. The number of aryl methyl sites for hydroxylation is 1. The van der Waals surface area contributed by atoms with Crippen LogP contribution in [0.25, 0.3) is 0 Å². The number of halogens is 1. The van der Waals surface area contributed by atoms with Gasteiger partial charge in [-0.05, 0) is 24.6 Å². The van der Waals surface area contributed by atoms with Gasteiger partial charge in [-0.15, -0.1) is 0 Å². The standard InChI is InChI=1S/C14H13BrN4/c1-10-7-12(8-16)18-14(17-10)19(2)9-11-5-3-4-6-13(11)15/h3-7H,9H2,1-2H3. The van der Waals surface area contributed by atoms with E-state index in [1.165, 1.54) is 0 Å². The van der Waals surface area contributed by atoms with Crippen LogP contribution in [0.5, 0.6) is 0 Å². The molecule has 0 amide bonds. The van der Waals surface area contributed by atoms with Crippen molar-refractivity contribution in [2.24, 2.45) is 0 Å². The van der Waals surface area contributed by atoms with Crippen molar-refractivity contribution < 1.29 is 0 Å². The minimum atomic E-state index is 0.390. The van der Waals surface area contributed by atoms with Gasteiger partial charge in [0.25, 0.3) is 0 Å². The molecule has 0 N–H and O–H groups in total. The Morgan fingerprint density at radius 2 is 2.05 bits per heavy atom. The number of hydrogen-bond donors (Lipinski definition) is 0. The van der Waals surface area contributed by atoms with E-state index in [0.717, 1.165) is 15.7 Å².